The van der Waals surface area contributed by atoms with Crippen molar-refractivity contribution in [3.05, 3.63) is 57.1 Å². The first-order valence-electron chi connectivity index (χ1n) is 7.97. The van der Waals surface area contributed by atoms with Crippen molar-refractivity contribution >= 4 is 28.9 Å². The lowest BCUT2D eigenvalue weighted by Gasteiger charge is -2.17. The lowest BCUT2D eigenvalue weighted by Crippen LogP contribution is -2.30. The average Bonchev–Trinajstić information content (AvgIpc) is 2.62. The number of nitrogens with zero attached hydrogens (tertiary/aromatic N) is 2. The van der Waals surface area contributed by atoms with Gasteiger partial charge in [-0.25, -0.2) is 0 Å². The largest absolute Gasteiger partial charge is 0.493 e. The molecular weight excluding hydrogens is 374 g/mol. The van der Waals surface area contributed by atoms with E-state index in [1.165, 1.54) is 18.2 Å². The SMILES string of the molecule is COc1ccc(CN(C)CC(=O)Nc2ccc(Cl)cc2[N+](=O)[O-])cc1OC. The van der Waals surface area contributed by atoms with Crippen LogP contribution in [0.5, 0.6) is 11.5 Å². The summed E-state index contributed by atoms with van der Waals surface area (Å²) in [6, 6.07) is 9.59. The quantitative estimate of drug-likeness (QED) is 0.546. The number of amides is 1. The Labute approximate surface area is 161 Å². The lowest BCUT2D eigenvalue weighted by molar-refractivity contribution is -0.383. The van der Waals surface area contributed by atoms with Crippen molar-refractivity contribution in [2.75, 3.05) is 33.1 Å². The molecule has 27 heavy (non-hydrogen) atoms. The molecule has 1 amide bonds. The molecule has 8 nitrogen and oxygen atoms in total. The number of carbonyl (C=O) groups is 1. The van der Waals surface area contributed by atoms with Gasteiger partial charge in [-0.2, -0.15) is 0 Å². The molecule has 1 N–H and O–H groups in total. The Balaban J connectivity index is 2.01. The van der Waals surface area contributed by atoms with Gasteiger partial charge in [-0.1, -0.05) is 17.7 Å². The van der Waals surface area contributed by atoms with Crippen LogP contribution in [0.1, 0.15) is 5.56 Å². The minimum absolute atomic E-state index is 0.0497. The molecule has 0 fully saturated rings. The van der Waals surface area contributed by atoms with E-state index in [0.29, 0.717) is 18.0 Å². The van der Waals surface area contributed by atoms with Gasteiger partial charge in [0, 0.05) is 17.6 Å². The van der Waals surface area contributed by atoms with Crippen LogP contribution in [0.15, 0.2) is 36.4 Å². The molecule has 0 aliphatic heterocycles. The molecule has 144 valence electrons. The fourth-order valence-corrected chi connectivity index (χ4v) is 2.71. The number of carbonyl (C=O) groups excluding carboxylic acids is 1. The first kappa shape index (κ1) is 20.5. The normalized spacial score (nSPS) is 10.6. The van der Waals surface area contributed by atoms with E-state index < -0.39 is 4.92 Å². The average molecular weight is 394 g/mol. The zero-order valence-electron chi connectivity index (χ0n) is 15.2. The Bertz CT molecular complexity index is 844. The van der Waals surface area contributed by atoms with Gasteiger partial charge < -0.3 is 14.8 Å². The number of hydrogen-bond acceptors (Lipinski definition) is 6. The van der Waals surface area contributed by atoms with E-state index in [-0.39, 0.29) is 28.8 Å². The highest BCUT2D eigenvalue weighted by Crippen LogP contribution is 2.29. The summed E-state index contributed by atoms with van der Waals surface area (Å²) in [5, 5.41) is 13.9. The topological polar surface area (TPSA) is 93.9 Å². The number of ether oxygens (including phenoxy) is 2. The third kappa shape index (κ3) is 5.57. The van der Waals surface area contributed by atoms with E-state index in [9.17, 15) is 14.9 Å². The number of rotatable bonds is 8. The number of benzene rings is 2. The van der Waals surface area contributed by atoms with Gasteiger partial charge in [0.15, 0.2) is 11.5 Å². The Kier molecular flexibility index (Phi) is 6.98. The van der Waals surface area contributed by atoms with E-state index in [1.54, 1.807) is 32.2 Å². The van der Waals surface area contributed by atoms with Gasteiger partial charge in [0.2, 0.25) is 5.91 Å². The highest BCUT2D eigenvalue weighted by molar-refractivity contribution is 6.31. The van der Waals surface area contributed by atoms with Gasteiger partial charge in [0.1, 0.15) is 5.69 Å². The third-order valence-corrected chi connectivity index (χ3v) is 3.98. The number of halogens is 1. The molecule has 0 saturated carbocycles. The number of nitro benzene ring substituents is 1. The Morgan fingerprint density at radius 2 is 1.89 bits per heavy atom. The van der Waals surface area contributed by atoms with Gasteiger partial charge in [-0.15, -0.1) is 0 Å². The van der Waals surface area contributed by atoms with Crippen molar-refractivity contribution in [2.45, 2.75) is 6.54 Å². The van der Waals surface area contributed by atoms with Crippen molar-refractivity contribution in [2.24, 2.45) is 0 Å². The van der Waals surface area contributed by atoms with Crippen LogP contribution in [0.4, 0.5) is 11.4 Å². The molecule has 2 aromatic rings. The second-order valence-corrected chi connectivity index (χ2v) is 6.26. The van der Waals surface area contributed by atoms with E-state index in [4.69, 9.17) is 21.1 Å². The van der Waals surface area contributed by atoms with Crippen molar-refractivity contribution in [1.82, 2.24) is 4.90 Å². The van der Waals surface area contributed by atoms with Gasteiger partial charge in [-0.3, -0.25) is 19.8 Å². The number of hydrogen-bond donors (Lipinski definition) is 1. The van der Waals surface area contributed by atoms with Gasteiger partial charge in [0.05, 0.1) is 25.7 Å². The number of anilines is 1. The lowest BCUT2D eigenvalue weighted by atomic mass is 10.2. The van der Waals surface area contributed by atoms with Crippen molar-refractivity contribution in [3.63, 3.8) is 0 Å². The van der Waals surface area contributed by atoms with Crippen LogP contribution in [-0.4, -0.2) is 43.5 Å². The van der Waals surface area contributed by atoms with Crippen molar-refractivity contribution in [3.8, 4) is 11.5 Å². The maximum atomic E-state index is 12.2. The van der Waals surface area contributed by atoms with Gasteiger partial charge >= 0.3 is 0 Å². The van der Waals surface area contributed by atoms with Crippen LogP contribution < -0.4 is 14.8 Å². The van der Waals surface area contributed by atoms with E-state index in [2.05, 4.69) is 5.32 Å². The molecule has 2 rings (SSSR count). The minimum Gasteiger partial charge on any atom is -0.493 e. The first-order valence-corrected chi connectivity index (χ1v) is 8.35. The summed E-state index contributed by atoms with van der Waals surface area (Å²) in [5.41, 5.74) is 0.785. The summed E-state index contributed by atoms with van der Waals surface area (Å²) in [5.74, 6) is 0.852. The Hall–Kier alpha value is -2.84. The predicted molar refractivity (Wildman–Crippen MR) is 103 cm³/mol. The van der Waals surface area contributed by atoms with E-state index in [1.807, 2.05) is 12.1 Å². The Morgan fingerprint density at radius 1 is 1.19 bits per heavy atom. The van der Waals surface area contributed by atoms with Crippen LogP contribution in [-0.2, 0) is 11.3 Å². The summed E-state index contributed by atoms with van der Waals surface area (Å²) in [4.78, 5) is 24.5. The fraction of sp³-hybridized carbons (Fsp3) is 0.278. The molecule has 0 unspecified atom stereocenters. The summed E-state index contributed by atoms with van der Waals surface area (Å²) in [7, 11) is 4.88. The maximum Gasteiger partial charge on any atom is 0.294 e. The zero-order valence-corrected chi connectivity index (χ0v) is 15.9. The number of nitrogens with one attached hydrogen (secondary N) is 1. The monoisotopic (exact) mass is 393 g/mol. The van der Waals surface area contributed by atoms with Crippen LogP contribution in [0.2, 0.25) is 5.02 Å². The summed E-state index contributed by atoms with van der Waals surface area (Å²) in [6.45, 7) is 0.532. The van der Waals surface area contributed by atoms with Crippen LogP contribution >= 0.6 is 11.6 Å². The van der Waals surface area contributed by atoms with Crippen LogP contribution in [0, 0.1) is 10.1 Å². The van der Waals surface area contributed by atoms with Crippen LogP contribution in [0.3, 0.4) is 0 Å². The summed E-state index contributed by atoms with van der Waals surface area (Å²) >= 11 is 5.77. The fourth-order valence-electron chi connectivity index (χ4n) is 2.54. The number of nitro groups is 1. The molecular formula is C18H20ClN3O5. The van der Waals surface area contributed by atoms with Crippen molar-refractivity contribution < 1.29 is 19.2 Å². The second-order valence-electron chi connectivity index (χ2n) is 5.83. The number of methoxy groups -OCH3 is 2. The molecule has 0 atom stereocenters. The molecule has 2 aromatic carbocycles. The zero-order chi connectivity index (χ0) is 20.0. The standard InChI is InChI=1S/C18H20ClN3O5/c1-21(10-12-4-7-16(26-2)17(8-12)27-3)11-18(23)20-14-6-5-13(19)9-15(14)22(24)25/h4-9H,10-11H2,1-3H3,(H,20,23). The molecule has 9 heteroatoms. The van der Waals surface area contributed by atoms with E-state index >= 15 is 0 Å². The highest BCUT2D eigenvalue weighted by Gasteiger charge is 2.17. The second kappa shape index (κ2) is 9.20. The number of likely N-dealkylation sites (N-methyl/N-ethyl adjacent to an activating group) is 1. The van der Waals surface area contributed by atoms with Crippen molar-refractivity contribution in [1.29, 1.82) is 0 Å². The molecule has 0 spiro atoms. The van der Waals surface area contributed by atoms with E-state index in [0.717, 1.165) is 5.56 Å². The molecule has 0 aromatic heterocycles. The third-order valence-electron chi connectivity index (χ3n) is 3.74. The minimum atomic E-state index is -0.588. The summed E-state index contributed by atoms with van der Waals surface area (Å²) in [6.07, 6.45) is 0. The smallest absolute Gasteiger partial charge is 0.294 e. The Morgan fingerprint density at radius 3 is 2.52 bits per heavy atom. The molecule has 0 aliphatic carbocycles. The molecule has 0 radical (unpaired) electrons. The predicted octanol–water partition coefficient (Wildman–Crippen LogP) is 3.34. The van der Waals surface area contributed by atoms with Gasteiger partial charge in [-0.05, 0) is 36.9 Å². The molecule has 0 saturated heterocycles. The molecule has 0 heterocycles. The maximum absolute atomic E-state index is 12.2. The first-order chi connectivity index (χ1) is 12.8. The highest BCUT2D eigenvalue weighted by atomic mass is 35.5. The molecule has 0 bridgehead atoms. The summed E-state index contributed by atoms with van der Waals surface area (Å²) < 4.78 is 10.5. The van der Waals surface area contributed by atoms with Gasteiger partial charge in [0.25, 0.3) is 5.69 Å². The molecule has 0 aliphatic rings. The van der Waals surface area contributed by atoms with Crippen LogP contribution in [0.25, 0.3) is 0 Å².